The summed E-state index contributed by atoms with van der Waals surface area (Å²) in [5.41, 5.74) is 6.21. The molecule has 1 aliphatic heterocycles. The minimum atomic E-state index is -1.27. The molecule has 1 aliphatic carbocycles. The normalized spacial score (nSPS) is 23.8. The first-order chi connectivity index (χ1) is 14.0. The lowest BCUT2D eigenvalue weighted by atomic mass is 9.72. The van der Waals surface area contributed by atoms with Crippen LogP contribution in [0.1, 0.15) is 54.4 Å². The molecule has 1 heterocycles. The number of nitrogens with one attached hydrogen (secondary N) is 2. The molecule has 0 spiro atoms. The maximum atomic E-state index is 12.5. The molecule has 1 amide bonds. The number of carbonyl (C=O) groups excluding carboxylic acids is 1. The second kappa shape index (κ2) is 10.1. The van der Waals surface area contributed by atoms with Gasteiger partial charge < -0.3 is 31.2 Å². The molecule has 1 atom stereocenters. The SMILES string of the molecule is NCCCN[C@H]1CC[C@H](CC(=O)N[C@H]2Cc3cccc(C(=O)O)c3OB2O)CC1. The number of aromatic carboxylic acids is 1. The Hall–Kier alpha value is -2.10. The standard InChI is InChI=1S/C20H30BN3O5/c22-9-2-10-23-15-7-5-13(6-8-15)11-18(25)24-17-12-14-3-1-4-16(20(26)27)19(14)29-21(17)28/h1,3-4,13,15,17,23,28H,2,5-12,22H2,(H,24,25)(H,26,27)/t13-,15-,17-/m0/s1. The molecule has 1 aromatic rings. The highest BCUT2D eigenvalue weighted by Crippen LogP contribution is 2.31. The van der Waals surface area contributed by atoms with Crippen LogP contribution in [0.2, 0.25) is 0 Å². The van der Waals surface area contributed by atoms with Crippen LogP contribution >= 0.6 is 0 Å². The van der Waals surface area contributed by atoms with E-state index in [1.54, 1.807) is 12.1 Å². The number of carboxylic acids is 1. The van der Waals surface area contributed by atoms with E-state index >= 15 is 0 Å². The summed E-state index contributed by atoms with van der Waals surface area (Å²) in [4.78, 5) is 23.8. The van der Waals surface area contributed by atoms with Gasteiger partial charge in [-0.05, 0) is 69.2 Å². The first-order valence-electron chi connectivity index (χ1n) is 10.4. The molecule has 0 aromatic heterocycles. The van der Waals surface area contributed by atoms with E-state index in [0.717, 1.165) is 38.6 Å². The lowest BCUT2D eigenvalue weighted by Crippen LogP contribution is -2.53. The van der Waals surface area contributed by atoms with Crippen LogP contribution in [0, 0.1) is 5.92 Å². The number of carboxylic acid groups (broad SMARTS) is 1. The third-order valence-corrected chi connectivity index (χ3v) is 5.83. The maximum Gasteiger partial charge on any atom is 0.547 e. The van der Waals surface area contributed by atoms with E-state index in [4.69, 9.17) is 10.4 Å². The summed E-state index contributed by atoms with van der Waals surface area (Å²) in [6.45, 7) is 1.64. The molecule has 0 bridgehead atoms. The molecule has 29 heavy (non-hydrogen) atoms. The summed E-state index contributed by atoms with van der Waals surface area (Å²) in [6.07, 6.45) is 5.86. The molecular weight excluding hydrogens is 373 g/mol. The van der Waals surface area contributed by atoms with Gasteiger partial charge in [0.25, 0.3) is 0 Å². The number of amides is 1. The first-order valence-corrected chi connectivity index (χ1v) is 10.4. The van der Waals surface area contributed by atoms with Gasteiger partial charge in [-0.25, -0.2) is 4.79 Å². The molecule has 1 saturated carbocycles. The van der Waals surface area contributed by atoms with Crippen LogP contribution in [0.3, 0.4) is 0 Å². The number of para-hydroxylation sites is 1. The van der Waals surface area contributed by atoms with Crippen molar-refractivity contribution >= 4 is 19.0 Å². The molecule has 1 aromatic carbocycles. The van der Waals surface area contributed by atoms with Gasteiger partial charge in [0.05, 0.1) is 11.5 Å². The topological polar surface area (TPSA) is 134 Å². The van der Waals surface area contributed by atoms with Gasteiger partial charge in [-0.3, -0.25) is 4.79 Å². The minimum Gasteiger partial charge on any atom is -0.534 e. The highest BCUT2D eigenvalue weighted by atomic mass is 16.5. The van der Waals surface area contributed by atoms with Crippen LogP contribution in [0.5, 0.6) is 5.75 Å². The Morgan fingerprint density at radius 1 is 1.24 bits per heavy atom. The van der Waals surface area contributed by atoms with Crippen LogP contribution < -0.4 is 21.0 Å². The van der Waals surface area contributed by atoms with Crippen LogP contribution in [0.15, 0.2) is 18.2 Å². The zero-order chi connectivity index (χ0) is 20.8. The predicted molar refractivity (Wildman–Crippen MR) is 110 cm³/mol. The lowest BCUT2D eigenvalue weighted by molar-refractivity contribution is -0.122. The van der Waals surface area contributed by atoms with Crippen molar-refractivity contribution in [2.24, 2.45) is 11.7 Å². The molecule has 0 radical (unpaired) electrons. The Kier molecular flexibility index (Phi) is 7.52. The van der Waals surface area contributed by atoms with Crippen molar-refractivity contribution in [1.82, 2.24) is 10.6 Å². The molecule has 3 rings (SSSR count). The van der Waals surface area contributed by atoms with Crippen molar-refractivity contribution in [3.63, 3.8) is 0 Å². The molecule has 8 nitrogen and oxygen atoms in total. The number of rotatable bonds is 8. The molecule has 0 unspecified atom stereocenters. The molecule has 0 saturated heterocycles. The van der Waals surface area contributed by atoms with Gasteiger partial charge >= 0.3 is 13.1 Å². The molecule has 2 aliphatic rings. The summed E-state index contributed by atoms with van der Waals surface area (Å²) in [6, 6.07) is 5.34. The Bertz CT molecular complexity index is 724. The molecular formula is C20H30BN3O5. The van der Waals surface area contributed by atoms with Crippen LogP contribution in [0.4, 0.5) is 0 Å². The Morgan fingerprint density at radius 2 is 2.00 bits per heavy atom. The summed E-state index contributed by atoms with van der Waals surface area (Å²) in [7, 11) is -1.27. The fourth-order valence-corrected chi connectivity index (χ4v) is 4.22. The van der Waals surface area contributed by atoms with Gasteiger partial charge in [-0.2, -0.15) is 0 Å². The number of nitrogens with two attached hydrogens (primary N) is 1. The zero-order valence-corrected chi connectivity index (χ0v) is 16.6. The minimum absolute atomic E-state index is 0.0168. The summed E-state index contributed by atoms with van der Waals surface area (Å²) in [5.74, 6) is -1.28. The van der Waals surface area contributed by atoms with Gasteiger partial charge in [0.2, 0.25) is 5.91 Å². The van der Waals surface area contributed by atoms with Gasteiger partial charge in [-0.15, -0.1) is 0 Å². The van der Waals surface area contributed by atoms with E-state index in [1.165, 1.54) is 6.07 Å². The van der Waals surface area contributed by atoms with Crippen molar-refractivity contribution < 1.29 is 24.4 Å². The summed E-state index contributed by atoms with van der Waals surface area (Å²) in [5, 5.41) is 25.9. The zero-order valence-electron chi connectivity index (χ0n) is 16.6. The summed E-state index contributed by atoms with van der Waals surface area (Å²) < 4.78 is 5.43. The lowest BCUT2D eigenvalue weighted by Gasteiger charge is -2.31. The fourth-order valence-electron chi connectivity index (χ4n) is 4.22. The Morgan fingerprint density at radius 3 is 2.69 bits per heavy atom. The smallest absolute Gasteiger partial charge is 0.534 e. The molecule has 1 fully saturated rings. The first kappa shape index (κ1) is 21.6. The number of hydrogen-bond donors (Lipinski definition) is 5. The van der Waals surface area contributed by atoms with E-state index in [2.05, 4.69) is 10.6 Å². The number of fused-ring (bicyclic) bond motifs is 1. The molecule has 6 N–H and O–H groups in total. The monoisotopic (exact) mass is 403 g/mol. The van der Waals surface area contributed by atoms with Crippen molar-refractivity contribution in [1.29, 1.82) is 0 Å². The van der Waals surface area contributed by atoms with Crippen LogP contribution in [-0.2, 0) is 11.2 Å². The van der Waals surface area contributed by atoms with Crippen molar-refractivity contribution in [2.75, 3.05) is 13.1 Å². The van der Waals surface area contributed by atoms with Crippen molar-refractivity contribution in [3.05, 3.63) is 29.3 Å². The predicted octanol–water partition coefficient (Wildman–Crippen LogP) is 0.712. The second-order valence-electron chi connectivity index (χ2n) is 8.00. The number of carbonyl (C=O) groups is 2. The third-order valence-electron chi connectivity index (χ3n) is 5.83. The van der Waals surface area contributed by atoms with E-state index in [1.807, 2.05) is 0 Å². The van der Waals surface area contributed by atoms with Crippen LogP contribution in [-0.4, -0.2) is 54.2 Å². The van der Waals surface area contributed by atoms with Gasteiger partial charge in [-0.1, -0.05) is 12.1 Å². The van der Waals surface area contributed by atoms with Crippen molar-refractivity contribution in [3.8, 4) is 5.75 Å². The highest BCUT2D eigenvalue weighted by Gasteiger charge is 2.38. The highest BCUT2D eigenvalue weighted by molar-refractivity contribution is 6.47. The van der Waals surface area contributed by atoms with E-state index in [-0.39, 0.29) is 17.2 Å². The van der Waals surface area contributed by atoms with Gasteiger partial charge in [0.1, 0.15) is 5.75 Å². The summed E-state index contributed by atoms with van der Waals surface area (Å²) >= 11 is 0. The van der Waals surface area contributed by atoms with E-state index in [9.17, 15) is 19.7 Å². The quantitative estimate of drug-likeness (QED) is 0.319. The van der Waals surface area contributed by atoms with Crippen LogP contribution in [0.25, 0.3) is 0 Å². The molecule has 158 valence electrons. The maximum absolute atomic E-state index is 12.5. The second-order valence-corrected chi connectivity index (χ2v) is 8.00. The van der Waals surface area contributed by atoms with E-state index in [0.29, 0.717) is 36.9 Å². The van der Waals surface area contributed by atoms with Gasteiger partial charge in [0.15, 0.2) is 0 Å². The fraction of sp³-hybridized carbons (Fsp3) is 0.600. The Balaban J connectivity index is 1.48. The number of benzene rings is 1. The average molecular weight is 403 g/mol. The third kappa shape index (κ3) is 5.71. The van der Waals surface area contributed by atoms with E-state index < -0.39 is 19.0 Å². The molecule has 9 heteroatoms. The number of hydrogen-bond acceptors (Lipinski definition) is 6. The largest absolute Gasteiger partial charge is 0.547 e. The van der Waals surface area contributed by atoms with Crippen molar-refractivity contribution in [2.45, 2.75) is 56.9 Å². The van der Waals surface area contributed by atoms with Gasteiger partial charge in [0, 0.05) is 12.5 Å². The Labute approximate surface area is 171 Å². The average Bonchev–Trinajstić information content (AvgIpc) is 2.69.